The van der Waals surface area contributed by atoms with E-state index in [-0.39, 0.29) is 5.91 Å². The number of hydrogen-bond donors (Lipinski definition) is 0. The number of nitrogens with zero attached hydrogens (tertiary/aromatic N) is 2. The largest absolute Gasteiger partial charge is 0.497 e. The summed E-state index contributed by atoms with van der Waals surface area (Å²) in [4.78, 5) is 19.0. The molecule has 1 aromatic carbocycles. The summed E-state index contributed by atoms with van der Waals surface area (Å²) in [6, 6.07) is 7.75. The van der Waals surface area contributed by atoms with E-state index in [4.69, 9.17) is 4.74 Å². The molecule has 2 aromatic rings. The zero-order chi connectivity index (χ0) is 15.4. The molecule has 1 amide bonds. The van der Waals surface area contributed by atoms with Gasteiger partial charge in [0.1, 0.15) is 16.5 Å². The van der Waals surface area contributed by atoms with E-state index < -0.39 is 0 Å². The zero-order valence-corrected chi connectivity index (χ0v) is 14.1. The molecule has 22 heavy (non-hydrogen) atoms. The standard InChI is InChI=1S/C16H18N2O2S2/c1-20-13-5-3-12(4-6-13)15-17-14(11-22-15)16(19)18-7-2-9-21-10-8-18/h3-6,11H,2,7-10H2,1H3. The van der Waals surface area contributed by atoms with Crippen molar-refractivity contribution in [3.63, 3.8) is 0 Å². The van der Waals surface area contributed by atoms with Crippen LogP contribution in [0, 0.1) is 0 Å². The molecule has 2 heterocycles. The number of hydrogen-bond acceptors (Lipinski definition) is 5. The van der Waals surface area contributed by atoms with Gasteiger partial charge in [0, 0.05) is 29.8 Å². The van der Waals surface area contributed by atoms with Gasteiger partial charge in [-0.1, -0.05) is 0 Å². The molecule has 1 fully saturated rings. The van der Waals surface area contributed by atoms with Crippen LogP contribution in [0.25, 0.3) is 10.6 Å². The molecule has 1 aromatic heterocycles. The minimum Gasteiger partial charge on any atom is -0.497 e. The van der Waals surface area contributed by atoms with Crippen molar-refractivity contribution in [1.29, 1.82) is 0 Å². The number of ether oxygens (including phenoxy) is 1. The predicted molar refractivity (Wildman–Crippen MR) is 91.9 cm³/mol. The average Bonchev–Trinajstić information content (AvgIpc) is 2.90. The summed E-state index contributed by atoms with van der Waals surface area (Å²) in [5.74, 6) is 3.02. The lowest BCUT2D eigenvalue weighted by Crippen LogP contribution is -2.33. The van der Waals surface area contributed by atoms with Crippen LogP contribution >= 0.6 is 23.1 Å². The van der Waals surface area contributed by atoms with E-state index in [0.29, 0.717) is 5.69 Å². The number of thioether (sulfide) groups is 1. The Labute approximate surface area is 138 Å². The van der Waals surface area contributed by atoms with Gasteiger partial charge in [-0.2, -0.15) is 11.8 Å². The number of carbonyl (C=O) groups is 1. The first-order valence-electron chi connectivity index (χ1n) is 7.25. The molecule has 1 aliphatic rings. The van der Waals surface area contributed by atoms with Gasteiger partial charge in [-0.25, -0.2) is 4.98 Å². The van der Waals surface area contributed by atoms with Crippen LogP contribution < -0.4 is 4.74 Å². The van der Waals surface area contributed by atoms with Crippen LogP contribution in [-0.2, 0) is 0 Å². The number of thiazole rings is 1. The second-order valence-corrected chi connectivity index (χ2v) is 7.11. The van der Waals surface area contributed by atoms with E-state index in [1.807, 2.05) is 46.3 Å². The Kier molecular flexibility index (Phi) is 5.00. The van der Waals surface area contributed by atoms with Gasteiger partial charge in [-0.3, -0.25) is 4.79 Å². The summed E-state index contributed by atoms with van der Waals surface area (Å²) >= 11 is 3.42. The zero-order valence-electron chi connectivity index (χ0n) is 12.4. The number of aromatic nitrogens is 1. The molecule has 116 valence electrons. The van der Waals surface area contributed by atoms with E-state index >= 15 is 0 Å². The maximum atomic E-state index is 12.5. The van der Waals surface area contributed by atoms with Crippen molar-refractivity contribution in [2.24, 2.45) is 0 Å². The minimum atomic E-state index is 0.0542. The fraction of sp³-hybridized carbons (Fsp3) is 0.375. The van der Waals surface area contributed by atoms with Gasteiger partial charge < -0.3 is 9.64 Å². The summed E-state index contributed by atoms with van der Waals surface area (Å²) in [6.07, 6.45) is 1.06. The molecule has 1 aliphatic heterocycles. The Balaban J connectivity index is 1.75. The monoisotopic (exact) mass is 334 g/mol. The van der Waals surface area contributed by atoms with Crippen molar-refractivity contribution in [3.05, 3.63) is 35.3 Å². The third kappa shape index (κ3) is 3.44. The normalized spacial score (nSPS) is 15.4. The third-order valence-electron chi connectivity index (χ3n) is 3.57. The SMILES string of the molecule is COc1ccc(-c2nc(C(=O)N3CCCSCC3)cs2)cc1. The first kappa shape index (κ1) is 15.4. The van der Waals surface area contributed by atoms with E-state index in [9.17, 15) is 4.79 Å². The molecule has 0 bridgehead atoms. The summed E-state index contributed by atoms with van der Waals surface area (Å²) in [6.45, 7) is 1.65. The minimum absolute atomic E-state index is 0.0542. The summed E-state index contributed by atoms with van der Waals surface area (Å²) in [5, 5.41) is 2.73. The van der Waals surface area contributed by atoms with E-state index in [1.165, 1.54) is 11.3 Å². The van der Waals surface area contributed by atoms with E-state index in [2.05, 4.69) is 4.98 Å². The third-order valence-corrected chi connectivity index (χ3v) is 5.51. The van der Waals surface area contributed by atoms with Crippen molar-refractivity contribution < 1.29 is 9.53 Å². The van der Waals surface area contributed by atoms with Gasteiger partial charge in [-0.15, -0.1) is 11.3 Å². The van der Waals surface area contributed by atoms with E-state index in [0.717, 1.165) is 47.3 Å². The summed E-state index contributed by atoms with van der Waals surface area (Å²) in [5.41, 5.74) is 1.57. The van der Waals surface area contributed by atoms with Crippen LogP contribution in [0.3, 0.4) is 0 Å². The highest BCUT2D eigenvalue weighted by molar-refractivity contribution is 7.99. The highest BCUT2D eigenvalue weighted by Gasteiger charge is 2.20. The van der Waals surface area contributed by atoms with Gasteiger partial charge in [0.05, 0.1) is 7.11 Å². The van der Waals surface area contributed by atoms with Gasteiger partial charge in [0.15, 0.2) is 0 Å². The molecule has 0 atom stereocenters. The van der Waals surface area contributed by atoms with Crippen LogP contribution in [0.1, 0.15) is 16.9 Å². The van der Waals surface area contributed by atoms with Gasteiger partial charge in [0.2, 0.25) is 0 Å². The van der Waals surface area contributed by atoms with Crippen LogP contribution in [0.15, 0.2) is 29.6 Å². The quantitative estimate of drug-likeness (QED) is 0.863. The molecule has 1 saturated heterocycles. The van der Waals surface area contributed by atoms with E-state index in [1.54, 1.807) is 7.11 Å². The van der Waals surface area contributed by atoms with Crippen molar-refractivity contribution >= 4 is 29.0 Å². The number of benzene rings is 1. The Bertz CT molecular complexity index is 632. The Morgan fingerprint density at radius 3 is 2.82 bits per heavy atom. The van der Waals surface area contributed by atoms with Crippen molar-refractivity contribution in [2.45, 2.75) is 6.42 Å². The Hall–Kier alpha value is -1.53. The Morgan fingerprint density at radius 1 is 1.23 bits per heavy atom. The number of amides is 1. The van der Waals surface area contributed by atoms with Crippen LogP contribution in [-0.4, -0.2) is 47.5 Å². The summed E-state index contributed by atoms with van der Waals surface area (Å²) in [7, 11) is 1.65. The molecule has 0 aliphatic carbocycles. The second kappa shape index (κ2) is 7.15. The molecule has 0 unspecified atom stereocenters. The highest BCUT2D eigenvalue weighted by Crippen LogP contribution is 2.26. The van der Waals surface area contributed by atoms with Crippen molar-refractivity contribution in [1.82, 2.24) is 9.88 Å². The number of rotatable bonds is 3. The van der Waals surface area contributed by atoms with Gasteiger partial charge in [0.25, 0.3) is 5.91 Å². The molecule has 0 spiro atoms. The van der Waals surface area contributed by atoms with Crippen LogP contribution in [0.5, 0.6) is 5.75 Å². The predicted octanol–water partition coefficient (Wildman–Crippen LogP) is 3.40. The van der Waals surface area contributed by atoms with Crippen LogP contribution in [0.4, 0.5) is 0 Å². The average molecular weight is 334 g/mol. The van der Waals surface area contributed by atoms with Gasteiger partial charge >= 0.3 is 0 Å². The number of methoxy groups -OCH3 is 1. The molecule has 0 N–H and O–H groups in total. The topological polar surface area (TPSA) is 42.4 Å². The summed E-state index contributed by atoms with van der Waals surface area (Å²) < 4.78 is 5.16. The number of carbonyl (C=O) groups excluding carboxylic acids is 1. The maximum Gasteiger partial charge on any atom is 0.273 e. The molecule has 4 nitrogen and oxygen atoms in total. The lowest BCUT2D eigenvalue weighted by molar-refractivity contribution is 0.0763. The van der Waals surface area contributed by atoms with Crippen LogP contribution in [0.2, 0.25) is 0 Å². The molecular weight excluding hydrogens is 316 g/mol. The molecule has 3 rings (SSSR count). The second-order valence-electron chi connectivity index (χ2n) is 5.02. The first-order chi connectivity index (χ1) is 10.8. The lowest BCUT2D eigenvalue weighted by Gasteiger charge is -2.18. The highest BCUT2D eigenvalue weighted by atomic mass is 32.2. The maximum absolute atomic E-state index is 12.5. The molecular formula is C16H18N2O2S2. The molecule has 0 saturated carbocycles. The fourth-order valence-electron chi connectivity index (χ4n) is 2.35. The smallest absolute Gasteiger partial charge is 0.273 e. The first-order valence-corrected chi connectivity index (χ1v) is 9.28. The van der Waals surface area contributed by atoms with Crippen molar-refractivity contribution in [3.8, 4) is 16.3 Å². The molecule has 0 radical (unpaired) electrons. The lowest BCUT2D eigenvalue weighted by atomic mass is 10.2. The van der Waals surface area contributed by atoms with Crippen molar-refractivity contribution in [2.75, 3.05) is 31.7 Å². The fourth-order valence-corrected chi connectivity index (χ4v) is 4.04. The molecule has 6 heteroatoms. The van der Waals surface area contributed by atoms with Gasteiger partial charge in [-0.05, 0) is 36.4 Å². The Morgan fingerprint density at radius 2 is 2.05 bits per heavy atom.